The molecule has 2 aromatic rings. The van der Waals surface area contributed by atoms with Gasteiger partial charge in [-0.1, -0.05) is 57.7 Å². The molecule has 0 aliphatic rings. The molecule has 0 saturated heterocycles. The number of unbranched alkanes of at least 4 members (excludes halogenated alkanes) is 4. The minimum absolute atomic E-state index is 1.05. The summed E-state index contributed by atoms with van der Waals surface area (Å²) in [6, 6.07) is 10.7. The highest BCUT2D eigenvalue weighted by Crippen LogP contribution is 2.24. The van der Waals surface area contributed by atoms with Crippen LogP contribution in [0.3, 0.4) is 0 Å². The molecule has 114 valence electrons. The van der Waals surface area contributed by atoms with Crippen LogP contribution in [0.15, 0.2) is 30.3 Å². The maximum absolute atomic E-state index is 4.81. The zero-order valence-corrected chi connectivity index (χ0v) is 13.5. The lowest BCUT2D eigenvalue weighted by Crippen LogP contribution is -2.04. The van der Waals surface area contributed by atoms with Crippen molar-refractivity contribution in [2.45, 2.75) is 58.8 Å². The fourth-order valence-corrected chi connectivity index (χ4v) is 2.66. The average Bonchev–Trinajstić information content (AvgIpc) is 2.52. The fraction of sp³-hybridized carbons (Fsp3) is 0.526. The van der Waals surface area contributed by atoms with Crippen molar-refractivity contribution in [2.75, 3.05) is 11.9 Å². The van der Waals surface area contributed by atoms with Gasteiger partial charge in [0.05, 0.1) is 5.52 Å². The summed E-state index contributed by atoms with van der Waals surface area (Å²) in [5, 5.41) is 4.86. The van der Waals surface area contributed by atoms with Crippen LogP contribution in [-0.2, 0) is 6.42 Å². The number of rotatable bonds is 9. The first-order valence-electron chi connectivity index (χ1n) is 8.47. The van der Waals surface area contributed by atoms with E-state index in [2.05, 4.69) is 49.5 Å². The van der Waals surface area contributed by atoms with E-state index >= 15 is 0 Å². The highest BCUT2D eigenvalue weighted by atomic mass is 14.9. The minimum Gasteiger partial charge on any atom is -0.384 e. The molecule has 0 aliphatic heterocycles. The molecule has 0 bridgehead atoms. The van der Waals surface area contributed by atoms with E-state index in [1.807, 2.05) is 0 Å². The van der Waals surface area contributed by atoms with Crippen molar-refractivity contribution in [1.29, 1.82) is 0 Å². The molecule has 0 aliphatic carbocycles. The first-order chi connectivity index (χ1) is 10.3. The fourth-order valence-electron chi connectivity index (χ4n) is 2.66. The molecule has 1 heterocycles. The van der Waals surface area contributed by atoms with Crippen LogP contribution in [-0.4, -0.2) is 11.5 Å². The summed E-state index contributed by atoms with van der Waals surface area (Å²) in [4.78, 5) is 4.81. The van der Waals surface area contributed by atoms with Gasteiger partial charge in [-0.15, -0.1) is 0 Å². The second-order valence-corrected chi connectivity index (χ2v) is 5.77. The maximum Gasteiger partial charge on any atom is 0.0726 e. The Labute approximate surface area is 129 Å². The normalized spacial score (nSPS) is 11.0. The van der Waals surface area contributed by atoms with Crippen LogP contribution >= 0.6 is 0 Å². The van der Waals surface area contributed by atoms with Gasteiger partial charge in [-0.3, -0.25) is 4.98 Å². The summed E-state index contributed by atoms with van der Waals surface area (Å²) in [7, 11) is 0. The van der Waals surface area contributed by atoms with Gasteiger partial charge in [-0.05, 0) is 31.4 Å². The van der Waals surface area contributed by atoms with Crippen molar-refractivity contribution in [3.8, 4) is 0 Å². The van der Waals surface area contributed by atoms with Crippen LogP contribution < -0.4 is 5.32 Å². The molecule has 0 amide bonds. The summed E-state index contributed by atoms with van der Waals surface area (Å²) in [5.74, 6) is 0. The Kier molecular flexibility index (Phi) is 6.52. The maximum atomic E-state index is 4.81. The summed E-state index contributed by atoms with van der Waals surface area (Å²) >= 11 is 0. The molecule has 0 saturated carbocycles. The molecule has 0 atom stereocenters. The molecule has 21 heavy (non-hydrogen) atoms. The number of aromatic nitrogens is 1. The molecule has 2 heteroatoms. The minimum atomic E-state index is 1.05. The van der Waals surface area contributed by atoms with Gasteiger partial charge in [0.15, 0.2) is 0 Å². The molecule has 1 N–H and O–H groups in total. The predicted molar refractivity (Wildman–Crippen MR) is 93.0 cm³/mol. The average molecular weight is 284 g/mol. The van der Waals surface area contributed by atoms with E-state index in [0.717, 1.165) is 18.5 Å². The van der Waals surface area contributed by atoms with E-state index in [1.54, 1.807) is 0 Å². The standard InChI is InChI=1S/C19H28N2/c1-3-5-7-11-16-15-19(20-14-10-6-4-2)17-12-8-9-13-18(17)21-16/h8-9,12-13,15H,3-7,10-11,14H2,1-2H3,(H,20,21). The Hall–Kier alpha value is -1.57. The van der Waals surface area contributed by atoms with Gasteiger partial charge in [0, 0.05) is 23.3 Å². The molecule has 1 aromatic carbocycles. The topological polar surface area (TPSA) is 24.9 Å². The number of para-hydroxylation sites is 1. The molecule has 0 spiro atoms. The Morgan fingerprint density at radius 2 is 1.71 bits per heavy atom. The summed E-state index contributed by atoms with van der Waals surface area (Å²) < 4.78 is 0. The molecule has 2 nitrogen and oxygen atoms in total. The van der Waals surface area contributed by atoms with Gasteiger partial charge in [-0.25, -0.2) is 0 Å². The molecular formula is C19H28N2. The van der Waals surface area contributed by atoms with Crippen molar-refractivity contribution in [2.24, 2.45) is 0 Å². The van der Waals surface area contributed by atoms with Crippen LogP contribution in [0.4, 0.5) is 5.69 Å². The van der Waals surface area contributed by atoms with Gasteiger partial charge in [0.25, 0.3) is 0 Å². The zero-order chi connectivity index (χ0) is 14.9. The Morgan fingerprint density at radius 3 is 2.52 bits per heavy atom. The van der Waals surface area contributed by atoms with E-state index < -0.39 is 0 Å². The van der Waals surface area contributed by atoms with Gasteiger partial charge in [0.2, 0.25) is 0 Å². The second-order valence-electron chi connectivity index (χ2n) is 5.77. The quantitative estimate of drug-likeness (QED) is 0.609. The van der Waals surface area contributed by atoms with Crippen molar-refractivity contribution in [1.82, 2.24) is 4.98 Å². The van der Waals surface area contributed by atoms with Crippen LogP contribution in [0, 0.1) is 0 Å². The number of aryl methyl sites for hydroxylation is 1. The monoisotopic (exact) mass is 284 g/mol. The van der Waals surface area contributed by atoms with Crippen LogP contribution in [0.2, 0.25) is 0 Å². The van der Waals surface area contributed by atoms with E-state index in [9.17, 15) is 0 Å². The van der Waals surface area contributed by atoms with Crippen molar-refractivity contribution >= 4 is 16.6 Å². The van der Waals surface area contributed by atoms with Crippen LogP contribution in [0.25, 0.3) is 10.9 Å². The zero-order valence-electron chi connectivity index (χ0n) is 13.5. The van der Waals surface area contributed by atoms with Crippen molar-refractivity contribution in [3.05, 3.63) is 36.0 Å². The molecule has 0 fully saturated rings. The van der Waals surface area contributed by atoms with E-state index in [-0.39, 0.29) is 0 Å². The largest absolute Gasteiger partial charge is 0.384 e. The number of fused-ring (bicyclic) bond motifs is 1. The van der Waals surface area contributed by atoms with E-state index in [4.69, 9.17) is 4.98 Å². The second kappa shape index (κ2) is 8.66. The third-order valence-electron chi connectivity index (χ3n) is 3.90. The highest BCUT2D eigenvalue weighted by molar-refractivity contribution is 5.91. The number of pyridine rings is 1. The smallest absolute Gasteiger partial charge is 0.0726 e. The van der Waals surface area contributed by atoms with Gasteiger partial charge >= 0.3 is 0 Å². The Morgan fingerprint density at radius 1 is 0.952 bits per heavy atom. The van der Waals surface area contributed by atoms with Crippen LogP contribution in [0.1, 0.15) is 58.1 Å². The first kappa shape index (κ1) is 15.8. The lowest BCUT2D eigenvalue weighted by Gasteiger charge is -2.12. The van der Waals surface area contributed by atoms with E-state index in [0.29, 0.717) is 0 Å². The number of anilines is 1. The number of hydrogen-bond acceptors (Lipinski definition) is 2. The molecule has 2 rings (SSSR count). The molecular weight excluding hydrogens is 256 g/mol. The highest BCUT2D eigenvalue weighted by Gasteiger charge is 2.05. The predicted octanol–water partition coefficient (Wildman–Crippen LogP) is 5.57. The number of nitrogens with zero attached hydrogens (tertiary/aromatic N) is 1. The third-order valence-corrected chi connectivity index (χ3v) is 3.90. The summed E-state index contributed by atoms with van der Waals surface area (Å²) in [5.41, 5.74) is 3.59. The van der Waals surface area contributed by atoms with Gasteiger partial charge in [0.1, 0.15) is 0 Å². The summed E-state index contributed by atoms with van der Waals surface area (Å²) in [6.07, 6.45) is 8.65. The molecule has 0 unspecified atom stereocenters. The number of hydrogen-bond donors (Lipinski definition) is 1. The Balaban J connectivity index is 2.14. The lowest BCUT2D eigenvalue weighted by atomic mass is 10.1. The lowest BCUT2D eigenvalue weighted by molar-refractivity contribution is 0.709. The first-order valence-corrected chi connectivity index (χ1v) is 8.47. The summed E-state index contributed by atoms with van der Waals surface area (Å²) in [6.45, 7) is 5.54. The van der Waals surface area contributed by atoms with E-state index in [1.165, 1.54) is 55.3 Å². The van der Waals surface area contributed by atoms with Crippen molar-refractivity contribution in [3.63, 3.8) is 0 Å². The molecule has 1 aromatic heterocycles. The SMILES string of the molecule is CCCCCNc1cc(CCCCC)nc2ccccc12. The van der Waals surface area contributed by atoms with Crippen LogP contribution in [0.5, 0.6) is 0 Å². The number of benzene rings is 1. The number of nitrogens with one attached hydrogen (secondary N) is 1. The molecule has 0 radical (unpaired) electrons. The van der Waals surface area contributed by atoms with Gasteiger partial charge < -0.3 is 5.32 Å². The van der Waals surface area contributed by atoms with Gasteiger partial charge in [-0.2, -0.15) is 0 Å². The van der Waals surface area contributed by atoms with Crippen molar-refractivity contribution < 1.29 is 0 Å². The third kappa shape index (κ3) is 4.73. The Bertz CT molecular complexity index is 548.